The summed E-state index contributed by atoms with van der Waals surface area (Å²) in [7, 11) is 0. The van der Waals surface area contributed by atoms with Crippen molar-refractivity contribution in [3.8, 4) is 5.75 Å². The maximum atomic E-state index is 12.9. The van der Waals surface area contributed by atoms with Gasteiger partial charge in [-0.2, -0.15) is 0 Å². The maximum Gasteiger partial charge on any atom is 0.261 e. The molecule has 4 heteroatoms. The molecule has 0 saturated carbocycles. The van der Waals surface area contributed by atoms with E-state index >= 15 is 0 Å². The van der Waals surface area contributed by atoms with E-state index in [1.165, 1.54) is 24.3 Å². The predicted molar refractivity (Wildman–Crippen MR) is 82.7 cm³/mol. The van der Waals surface area contributed by atoms with Crippen LogP contribution < -0.4 is 10.1 Å². The van der Waals surface area contributed by atoms with Crippen molar-refractivity contribution in [2.75, 3.05) is 0 Å². The number of halogens is 1. The van der Waals surface area contributed by atoms with Crippen molar-refractivity contribution in [3.05, 3.63) is 30.1 Å². The van der Waals surface area contributed by atoms with Gasteiger partial charge in [0.2, 0.25) is 0 Å². The Balaban J connectivity index is 2.70. The van der Waals surface area contributed by atoms with Gasteiger partial charge in [-0.25, -0.2) is 4.39 Å². The van der Waals surface area contributed by atoms with Crippen LogP contribution in [0.15, 0.2) is 24.3 Å². The van der Waals surface area contributed by atoms with E-state index in [0.29, 0.717) is 24.0 Å². The zero-order valence-corrected chi connectivity index (χ0v) is 13.5. The van der Waals surface area contributed by atoms with Crippen LogP contribution in [0.4, 0.5) is 4.39 Å². The number of carbonyl (C=O) groups is 1. The third-order valence-corrected chi connectivity index (χ3v) is 3.50. The molecule has 1 N–H and O–H groups in total. The Morgan fingerprint density at radius 2 is 1.67 bits per heavy atom. The molecule has 3 nitrogen and oxygen atoms in total. The molecule has 1 rings (SSSR count). The van der Waals surface area contributed by atoms with Gasteiger partial charge in [-0.05, 0) is 42.5 Å². The standard InChI is InChI=1S/C17H26FNO2/c1-6-15(21-14-9-7-13(18)8-10-14)17(20)19-16(11(2)3)12(4)5/h7-12,15-16H,6H2,1-5H3,(H,19,20). The monoisotopic (exact) mass is 295 g/mol. The number of rotatable bonds is 7. The van der Waals surface area contributed by atoms with E-state index in [-0.39, 0.29) is 17.8 Å². The second-order valence-corrected chi connectivity index (χ2v) is 5.99. The molecule has 0 aliphatic heterocycles. The number of hydrogen-bond acceptors (Lipinski definition) is 2. The molecule has 0 fully saturated rings. The highest BCUT2D eigenvalue weighted by atomic mass is 19.1. The number of nitrogens with one attached hydrogen (secondary N) is 1. The van der Waals surface area contributed by atoms with Crippen molar-refractivity contribution in [1.82, 2.24) is 5.32 Å². The van der Waals surface area contributed by atoms with Gasteiger partial charge in [0.15, 0.2) is 6.10 Å². The average molecular weight is 295 g/mol. The van der Waals surface area contributed by atoms with Crippen LogP contribution in [0.3, 0.4) is 0 Å². The summed E-state index contributed by atoms with van der Waals surface area (Å²) in [5.41, 5.74) is 0. The molecule has 1 aromatic rings. The molecule has 0 aliphatic carbocycles. The van der Waals surface area contributed by atoms with Crippen molar-refractivity contribution in [3.63, 3.8) is 0 Å². The maximum absolute atomic E-state index is 12.9. The minimum atomic E-state index is -0.560. The van der Waals surface area contributed by atoms with Gasteiger partial charge < -0.3 is 10.1 Å². The van der Waals surface area contributed by atoms with Crippen LogP contribution in [-0.2, 0) is 4.79 Å². The van der Waals surface area contributed by atoms with Gasteiger partial charge >= 0.3 is 0 Å². The highest BCUT2D eigenvalue weighted by molar-refractivity contribution is 5.81. The SMILES string of the molecule is CCC(Oc1ccc(F)cc1)C(=O)NC(C(C)C)C(C)C. The van der Waals surface area contributed by atoms with Crippen LogP contribution in [0.25, 0.3) is 0 Å². The van der Waals surface area contributed by atoms with Crippen molar-refractivity contribution in [2.45, 2.75) is 53.2 Å². The quantitative estimate of drug-likeness (QED) is 0.831. The Kier molecular flexibility index (Phi) is 6.66. The molecule has 1 aromatic carbocycles. The van der Waals surface area contributed by atoms with E-state index in [1.807, 2.05) is 6.92 Å². The number of benzene rings is 1. The van der Waals surface area contributed by atoms with Crippen molar-refractivity contribution in [2.24, 2.45) is 11.8 Å². The summed E-state index contributed by atoms with van der Waals surface area (Å²) >= 11 is 0. The molecule has 1 atom stereocenters. The minimum absolute atomic E-state index is 0.114. The summed E-state index contributed by atoms with van der Waals surface area (Å²) in [6.45, 7) is 10.3. The highest BCUT2D eigenvalue weighted by Crippen LogP contribution is 2.16. The number of carbonyl (C=O) groups excluding carboxylic acids is 1. The molecule has 118 valence electrons. The lowest BCUT2D eigenvalue weighted by Gasteiger charge is -2.28. The van der Waals surface area contributed by atoms with Gasteiger partial charge in [-0.3, -0.25) is 4.79 Å². The summed E-state index contributed by atoms with van der Waals surface area (Å²) < 4.78 is 18.5. The van der Waals surface area contributed by atoms with Gasteiger partial charge in [-0.1, -0.05) is 34.6 Å². The Hall–Kier alpha value is -1.58. The van der Waals surface area contributed by atoms with Crippen LogP contribution in [0, 0.1) is 17.7 Å². The molecular formula is C17H26FNO2. The Morgan fingerprint density at radius 1 is 1.14 bits per heavy atom. The van der Waals surface area contributed by atoms with Crippen molar-refractivity contribution in [1.29, 1.82) is 0 Å². The zero-order valence-electron chi connectivity index (χ0n) is 13.5. The van der Waals surface area contributed by atoms with Crippen molar-refractivity contribution < 1.29 is 13.9 Å². The summed E-state index contributed by atoms with van der Waals surface area (Å²) in [6.07, 6.45) is 0.00187. The first kappa shape index (κ1) is 17.5. The largest absolute Gasteiger partial charge is 0.481 e. The molecule has 1 unspecified atom stereocenters. The van der Waals surface area contributed by atoms with Crippen molar-refractivity contribution >= 4 is 5.91 Å². The molecule has 1 amide bonds. The Bertz CT molecular complexity index is 435. The number of hydrogen-bond donors (Lipinski definition) is 1. The molecule has 0 aromatic heterocycles. The average Bonchev–Trinajstić information content (AvgIpc) is 2.43. The molecule has 0 bridgehead atoms. The van der Waals surface area contributed by atoms with Crippen LogP contribution in [0.1, 0.15) is 41.0 Å². The first-order valence-electron chi connectivity index (χ1n) is 7.57. The lowest BCUT2D eigenvalue weighted by Crippen LogP contribution is -2.48. The van der Waals surface area contributed by atoms with Crippen LogP contribution >= 0.6 is 0 Å². The second-order valence-electron chi connectivity index (χ2n) is 5.99. The van der Waals surface area contributed by atoms with Gasteiger partial charge in [0.1, 0.15) is 11.6 Å². The summed E-state index contributed by atoms with van der Waals surface area (Å²) in [5, 5.41) is 3.06. The molecule has 0 aliphatic rings. The van der Waals surface area contributed by atoms with Gasteiger partial charge in [0.25, 0.3) is 5.91 Å². The van der Waals surface area contributed by atoms with Gasteiger partial charge in [0, 0.05) is 6.04 Å². The zero-order chi connectivity index (χ0) is 16.0. The van der Waals surface area contributed by atoms with Crippen LogP contribution in [0.5, 0.6) is 5.75 Å². The summed E-state index contributed by atoms with van der Waals surface area (Å²) in [4.78, 5) is 12.4. The number of amides is 1. The molecular weight excluding hydrogens is 269 g/mol. The normalized spacial score (nSPS) is 12.8. The molecule has 0 radical (unpaired) electrons. The lowest BCUT2D eigenvalue weighted by atomic mass is 9.93. The van der Waals surface area contributed by atoms with E-state index in [9.17, 15) is 9.18 Å². The van der Waals surface area contributed by atoms with E-state index in [1.54, 1.807) is 0 Å². The third kappa shape index (κ3) is 5.37. The lowest BCUT2D eigenvalue weighted by molar-refractivity contribution is -0.129. The van der Waals surface area contributed by atoms with E-state index in [0.717, 1.165) is 0 Å². The molecule has 0 heterocycles. The van der Waals surface area contributed by atoms with Gasteiger partial charge in [-0.15, -0.1) is 0 Å². The molecule has 0 spiro atoms. The van der Waals surface area contributed by atoms with E-state index in [2.05, 4.69) is 33.0 Å². The van der Waals surface area contributed by atoms with Crippen LogP contribution in [-0.4, -0.2) is 18.1 Å². The third-order valence-electron chi connectivity index (χ3n) is 3.50. The fraction of sp³-hybridized carbons (Fsp3) is 0.588. The first-order valence-corrected chi connectivity index (χ1v) is 7.57. The topological polar surface area (TPSA) is 38.3 Å². The fourth-order valence-corrected chi connectivity index (χ4v) is 2.36. The van der Waals surface area contributed by atoms with Crippen LogP contribution in [0.2, 0.25) is 0 Å². The first-order chi connectivity index (χ1) is 9.85. The highest BCUT2D eigenvalue weighted by Gasteiger charge is 2.25. The predicted octanol–water partition coefficient (Wildman–Crippen LogP) is 3.78. The van der Waals surface area contributed by atoms with Gasteiger partial charge in [0.05, 0.1) is 0 Å². The summed E-state index contributed by atoms with van der Waals surface area (Å²) in [6, 6.07) is 5.83. The summed E-state index contributed by atoms with van der Waals surface area (Å²) in [5.74, 6) is 0.785. The smallest absolute Gasteiger partial charge is 0.261 e. The van der Waals surface area contributed by atoms with E-state index < -0.39 is 6.10 Å². The minimum Gasteiger partial charge on any atom is -0.481 e. The fourth-order valence-electron chi connectivity index (χ4n) is 2.36. The second kappa shape index (κ2) is 8.01. The Morgan fingerprint density at radius 3 is 2.10 bits per heavy atom. The molecule has 0 saturated heterocycles. The van der Waals surface area contributed by atoms with E-state index in [4.69, 9.17) is 4.74 Å². The number of ether oxygens (including phenoxy) is 1. The molecule has 21 heavy (non-hydrogen) atoms. The Labute approximate surface area is 126 Å².